The zero-order chi connectivity index (χ0) is 15.6. The third-order valence-corrected chi connectivity index (χ3v) is 5.08. The molecule has 3 nitrogen and oxygen atoms in total. The van der Waals surface area contributed by atoms with Crippen LogP contribution in [0, 0.1) is 3.57 Å². The van der Waals surface area contributed by atoms with E-state index in [0.717, 1.165) is 14.7 Å². The van der Waals surface area contributed by atoms with Crippen LogP contribution in [-0.4, -0.2) is 14.2 Å². The molecule has 0 spiro atoms. The number of hydrogen-bond donors (Lipinski definition) is 1. The molecule has 2 aromatic carbocycles. The Morgan fingerprint density at radius 3 is 2.38 bits per heavy atom. The average Bonchev–Trinajstić information content (AvgIpc) is 2.49. The van der Waals surface area contributed by atoms with Crippen molar-refractivity contribution in [3.05, 3.63) is 55.1 Å². The number of rotatable bonds is 4. The van der Waals surface area contributed by atoms with Crippen LogP contribution in [0.5, 0.6) is 11.5 Å². The van der Waals surface area contributed by atoms with E-state index in [4.69, 9.17) is 38.4 Å². The Morgan fingerprint density at radius 2 is 1.81 bits per heavy atom. The van der Waals surface area contributed by atoms with Gasteiger partial charge in [0, 0.05) is 9.13 Å². The van der Waals surface area contributed by atoms with Crippen molar-refractivity contribution >= 4 is 45.8 Å². The number of nitrogens with two attached hydrogens (primary N) is 1. The van der Waals surface area contributed by atoms with Crippen molar-refractivity contribution < 1.29 is 9.47 Å². The molecule has 112 valence electrons. The summed E-state index contributed by atoms with van der Waals surface area (Å²) in [6.07, 6.45) is 0. The predicted molar refractivity (Wildman–Crippen MR) is 94.8 cm³/mol. The Hall–Kier alpha value is -0.690. The Balaban J connectivity index is 2.50. The van der Waals surface area contributed by atoms with E-state index in [1.54, 1.807) is 20.3 Å². The Labute approximate surface area is 147 Å². The van der Waals surface area contributed by atoms with Crippen LogP contribution in [-0.2, 0) is 0 Å². The molecule has 1 atom stereocenters. The summed E-state index contributed by atoms with van der Waals surface area (Å²) in [5.74, 6) is 1.06. The lowest BCUT2D eigenvalue weighted by Gasteiger charge is -2.19. The molecule has 0 aliphatic heterocycles. The molecule has 2 rings (SSSR count). The molecule has 0 aliphatic rings. The lowest BCUT2D eigenvalue weighted by Crippen LogP contribution is -2.13. The fraction of sp³-hybridized carbons (Fsp3) is 0.200. The van der Waals surface area contributed by atoms with Gasteiger partial charge in [-0.25, -0.2) is 0 Å². The lowest BCUT2D eigenvalue weighted by atomic mass is 9.98. The van der Waals surface area contributed by atoms with Gasteiger partial charge in [0.1, 0.15) is 16.5 Å². The van der Waals surface area contributed by atoms with Gasteiger partial charge in [0.05, 0.1) is 25.3 Å². The summed E-state index contributed by atoms with van der Waals surface area (Å²) >= 11 is 14.6. The first-order chi connectivity index (χ1) is 9.99. The van der Waals surface area contributed by atoms with Crippen molar-refractivity contribution in [1.29, 1.82) is 0 Å². The van der Waals surface area contributed by atoms with Crippen molar-refractivity contribution in [2.75, 3.05) is 14.2 Å². The fourth-order valence-electron chi connectivity index (χ4n) is 2.05. The molecule has 2 N–H and O–H groups in total. The number of hydrogen-bond acceptors (Lipinski definition) is 3. The fourth-order valence-corrected chi connectivity index (χ4v) is 2.90. The summed E-state index contributed by atoms with van der Waals surface area (Å²) in [5, 5.41) is 1.08. The highest BCUT2D eigenvalue weighted by Gasteiger charge is 2.19. The van der Waals surface area contributed by atoms with E-state index in [9.17, 15) is 0 Å². The Bertz CT molecular complexity index is 664. The molecule has 0 radical (unpaired) electrons. The molecule has 0 saturated heterocycles. The highest BCUT2D eigenvalue weighted by Crippen LogP contribution is 2.40. The molecule has 2 aromatic rings. The molecule has 1 unspecified atom stereocenters. The van der Waals surface area contributed by atoms with E-state index in [0.29, 0.717) is 21.5 Å². The Morgan fingerprint density at radius 1 is 1.10 bits per heavy atom. The van der Waals surface area contributed by atoms with Crippen molar-refractivity contribution in [1.82, 2.24) is 0 Å². The van der Waals surface area contributed by atoms with E-state index in [1.807, 2.05) is 24.3 Å². The van der Waals surface area contributed by atoms with Crippen molar-refractivity contribution in [2.45, 2.75) is 6.04 Å². The summed E-state index contributed by atoms with van der Waals surface area (Å²) in [6.45, 7) is 0. The molecule has 6 heteroatoms. The summed E-state index contributed by atoms with van der Waals surface area (Å²) in [6, 6.07) is 8.95. The van der Waals surface area contributed by atoms with Crippen LogP contribution in [0.15, 0.2) is 30.3 Å². The van der Waals surface area contributed by atoms with Crippen LogP contribution in [0.2, 0.25) is 10.0 Å². The van der Waals surface area contributed by atoms with Crippen molar-refractivity contribution in [2.24, 2.45) is 5.73 Å². The molecule has 0 fully saturated rings. The van der Waals surface area contributed by atoms with Gasteiger partial charge in [-0.3, -0.25) is 0 Å². The maximum Gasteiger partial charge on any atom is 0.146 e. The smallest absolute Gasteiger partial charge is 0.146 e. The van der Waals surface area contributed by atoms with Gasteiger partial charge in [-0.2, -0.15) is 0 Å². The number of methoxy groups -OCH3 is 2. The normalized spacial score (nSPS) is 12.1. The van der Waals surface area contributed by atoms with E-state index in [1.165, 1.54) is 0 Å². The van der Waals surface area contributed by atoms with Crippen LogP contribution in [0.25, 0.3) is 0 Å². The van der Waals surface area contributed by atoms with E-state index in [-0.39, 0.29) is 0 Å². The quantitative estimate of drug-likeness (QED) is 0.707. The lowest BCUT2D eigenvalue weighted by molar-refractivity contribution is 0.390. The Kier molecular flexibility index (Phi) is 5.60. The van der Waals surface area contributed by atoms with Gasteiger partial charge >= 0.3 is 0 Å². The standard InChI is InChI=1S/C15H14Cl2INO2/c1-20-12-6-4-9(15(21-2)13(12)17)14(19)8-3-5-11(18)10(16)7-8/h3-7,14H,19H2,1-2H3. The number of ether oxygens (including phenoxy) is 2. The highest BCUT2D eigenvalue weighted by atomic mass is 127. The second-order valence-corrected chi connectivity index (χ2v) is 6.30. The topological polar surface area (TPSA) is 44.5 Å². The minimum Gasteiger partial charge on any atom is -0.495 e. The molecule has 0 amide bonds. The average molecular weight is 438 g/mol. The first-order valence-corrected chi connectivity index (χ1v) is 7.94. The van der Waals surface area contributed by atoms with Crippen LogP contribution < -0.4 is 15.2 Å². The van der Waals surface area contributed by atoms with Gasteiger partial charge in [0.2, 0.25) is 0 Å². The van der Waals surface area contributed by atoms with E-state index < -0.39 is 6.04 Å². The first-order valence-electron chi connectivity index (χ1n) is 6.10. The summed E-state index contributed by atoms with van der Waals surface area (Å²) in [4.78, 5) is 0. The molecule has 21 heavy (non-hydrogen) atoms. The second-order valence-electron chi connectivity index (χ2n) is 4.36. The summed E-state index contributed by atoms with van der Waals surface area (Å²) < 4.78 is 11.6. The van der Waals surface area contributed by atoms with E-state index in [2.05, 4.69) is 22.6 Å². The molecule has 0 saturated carbocycles. The SMILES string of the molecule is COc1ccc(C(N)c2ccc(I)c(Cl)c2)c(OC)c1Cl. The van der Waals surface area contributed by atoms with Gasteiger partial charge < -0.3 is 15.2 Å². The van der Waals surface area contributed by atoms with Crippen LogP contribution in [0.3, 0.4) is 0 Å². The van der Waals surface area contributed by atoms with E-state index >= 15 is 0 Å². The number of benzene rings is 2. The minimum atomic E-state index is -0.391. The maximum atomic E-state index is 6.33. The molecule has 0 bridgehead atoms. The maximum absolute atomic E-state index is 6.33. The molecule has 0 heterocycles. The molecule has 0 aliphatic carbocycles. The van der Waals surface area contributed by atoms with Gasteiger partial charge in [0.25, 0.3) is 0 Å². The number of halogens is 3. The first kappa shape index (κ1) is 16.7. The minimum absolute atomic E-state index is 0.391. The van der Waals surface area contributed by atoms with Gasteiger partial charge in [0.15, 0.2) is 0 Å². The van der Waals surface area contributed by atoms with Crippen LogP contribution >= 0.6 is 45.8 Å². The zero-order valence-corrected chi connectivity index (χ0v) is 15.2. The highest BCUT2D eigenvalue weighted by molar-refractivity contribution is 14.1. The van der Waals surface area contributed by atoms with Gasteiger partial charge in [-0.15, -0.1) is 0 Å². The largest absolute Gasteiger partial charge is 0.495 e. The van der Waals surface area contributed by atoms with Gasteiger partial charge in [-0.05, 0) is 52.4 Å². The van der Waals surface area contributed by atoms with Gasteiger partial charge in [-0.1, -0.05) is 29.3 Å². The second kappa shape index (κ2) is 7.05. The summed E-state index contributed by atoms with van der Waals surface area (Å²) in [7, 11) is 3.11. The van der Waals surface area contributed by atoms with Crippen LogP contribution in [0.4, 0.5) is 0 Å². The molecule has 0 aromatic heterocycles. The van der Waals surface area contributed by atoms with Crippen molar-refractivity contribution in [3.63, 3.8) is 0 Å². The van der Waals surface area contributed by atoms with Crippen molar-refractivity contribution in [3.8, 4) is 11.5 Å². The molecular weight excluding hydrogens is 424 g/mol. The monoisotopic (exact) mass is 437 g/mol. The zero-order valence-electron chi connectivity index (χ0n) is 11.5. The van der Waals surface area contributed by atoms with Crippen LogP contribution in [0.1, 0.15) is 17.2 Å². The third-order valence-electron chi connectivity index (χ3n) is 3.15. The predicted octanol–water partition coefficient (Wildman–Crippen LogP) is 4.66. The third kappa shape index (κ3) is 3.39. The summed E-state index contributed by atoms with van der Waals surface area (Å²) in [5.41, 5.74) is 8.00. The molecular formula is C15H14Cl2INO2.